The van der Waals surface area contributed by atoms with E-state index in [9.17, 15) is 18.0 Å². The molecule has 0 aromatic heterocycles. The number of carbonyl (C=O) groups is 2. The number of rotatable bonds is 8. The van der Waals surface area contributed by atoms with Crippen LogP contribution in [0.2, 0.25) is 0 Å². The number of amides is 1. The predicted molar refractivity (Wildman–Crippen MR) is 106 cm³/mol. The quantitative estimate of drug-likeness (QED) is 0.631. The highest BCUT2D eigenvalue weighted by Crippen LogP contribution is 2.26. The number of fused-ring (bicyclic) bond motifs is 1. The maximum atomic E-state index is 12.1. The standard InChI is InChI=1S/C20H22N2O6S/c1-27-20(24)12-21-29(25,26)18-9-6-16(7-10-18)22-19(23)13-28-17-8-5-14-3-2-4-15(14)11-17/h5-11,21H,2-4,12-13H2,1H3,(H,22,23). The van der Waals surface area contributed by atoms with Gasteiger partial charge in [0.25, 0.3) is 5.91 Å². The largest absolute Gasteiger partial charge is 0.484 e. The lowest BCUT2D eigenvalue weighted by molar-refractivity contribution is -0.139. The molecule has 0 unspecified atom stereocenters. The molecule has 3 rings (SSSR count). The molecule has 29 heavy (non-hydrogen) atoms. The minimum atomic E-state index is -3.85. The van der Waals surface area contributed by atoms with E-state index in [1.165, 1.54) is 42.5 Å². The van der Waals surface area contributed by atoms with Crippen molar-refractivity contribution in [3.8, 4) is 5.75 Å². The molecule has 2 N–H and O–H groups in total. The van der Waals surface area contributed by atoms with Gasteiger partial charge < -0.3 is 14.8 Å². The van der Waals surface area contributed by atoms with Crippen LogP contribution in [0.1, 0.15) is 17.5 Å². The van der Waals surface area contributed by atoms with Crippen molar-refractivity contribution >= 4 is 27.6 Å². The molecular weight excluding hydrogens is 396 g/mol. The molecule has 1 aliphatic rings. The van der Waals surface area contributed by atoms with E-state index in [0.29, 0.717) is 11.4 Å². The molecule has 0 saturated heterocycles. The Bertz CT molecular complexity index is 1000. The second-order valence-electron chi connectivity index (χ2n) is 6.55. The number of anilines is 1. The summed E-state index contributed by atoms with van der Waals surface area (Å²) in [7, 11) is -2.68. The first-order valence-corrected chi connectivity index (χ1v) is 10.6. The summed E-state index contributed by atoms with van der Waals surface area (Å²) in [5, 5.41) is 2.65. The van der Waals surface area contributed by atoms with Crippen molar-refractivity contribution in [3.05, 3.63) is 53.6 Å². The van der Waals surface area contributed by atoms with Crippen molar-refractivity contribution < 1.29 is 27.5 Å². The number of esters is 1. The summed E-state index contributed by atoms with van der Waals surface area (Å²) in [4.78, 5) is 23.1. The predicted octanol–water partition coefficient (Wildman–Crippen LogP) is 1.64. The van der Waals surface area contributed by atoms with E-state index in [1.807, 2.05) is 18.2 Å². The monoisotopic (exact) mass is 418 g/mol. The third-order valence-electron chi connectivity index (χ3n) is 4.52. The number of methoxy groups -OCH3 is 1. The molecule has 8 nitrogen and oxygen atoms in total. The SMILES string of the molecule is COC(=O)CNS(=O)(=O)c1ccc(NC(=O)COc2ccc3c(c2)CCC3)cc1. The van der Waals surface area contributed by atoms with Crippen LogP contribution in [0, 0.1) is 0 Å². The Hall–Kier alpha value is -2.91. The summed E-state index contributed by atoms with van der Waals surface area (Å²) in [5.41, 5.74) is 3.03. The lowest BCUT2D eigenvalue weighted by atomic mass is 10.1. The molecule has 1 aliphatic carbocycles. The number of aryl methyl sites for hydroxylation is 2. The zero-order chi connectivity index (χ0) is 20.9. The highest BCUT2D eigenvalue weighted by molar-refractivity contribution is 7.89. The minimum absolute atomic E-state index is 0.0335. The van der Waals surface area contributed by atoms with Gasteiger partial charge in [-0.1, -0.05) is 6.07 Å². The Balaban J connectivity index is 1.52. The van der Waals surface area contributed by atoms with Gasteiger partial charge in [0, 0.05) is 5.69 Å². The minimum Gasteiger partial charge on any atom is -0.484 e. The number of ether oxygens (including phenoxy) is 2. The molecule has 0 aliphatic heterocycles. The smallest absolute Gasteiger partial charge is 0.320 e. The zero-order valence-corrected chi connectivity index (χ0v) is 16.8. The third kappa shape index (κ3) is 5.55. The molecule has 0 heterocycles. The molecule has 0 bridgehead atoms. The van der Waals surface area contributed by atoms with E-state index in [4.69, 9.17) is 4.74 Å². The molecule has 2 aromatic carbocycles. The molecule has 2 aromatic rings. The first-order valence-electron chi connectivity index (χ1n) is 9.08. The first kappa shape index (κ1) is 20.8. The van der Waals surface area contributed by atoms with Crippen LogP contribution in [0.4, 0.5) is 5.69 Å². The fourth-order valence-corrected chi connectivity index (χ4v) is 3.98. The zero-order valence-electron chi connectivity index (χ0n) is 15.9. The van der Waals surface area contributed by atoms with Crippen molar-refractivity contribution in [1.82, 2.24) is 4.72 Å². The van der Waals surface area contributed by atoms with Crippen molar-refractivity contribution in [3.63, 3.8) is 0 Å². The van der Waals surface area contributed by atoms with Gasteiger partial charge in [0.15, 0.2) is 6.61 Å². The maximum absolute atomic E-state index is 12.1. The van der Waals surface area contributed by atoms with Crippen LogP contribution in [0.25, 0.3) is 0 Å². The molecule has 0 radical (unpaired) electrons. The van der Waals surface area contributed by atoms with E-state index < -0.39 is 22.5 Å². The Labute approximate surface area is 169 Å². The Morgan fingerprint density at radius 2 is 1.76 bits per heavy atom. The van der Waals surface area contributed by atoms with E-state index in [2.05, 4.69) is 14.8 Å². The van der Waals surface area contributed by atoms with Gasteiger partial charge in [0.05, 0.1) is 12.0 Å². The summed E-state index contributed by atoms with van der Waals surface area (Å²) in [5.74, 6) is -0.398. The average molecular weight is 418 g/mol. The van der Waals surface area contributed by atoms with E-state index in [-0.39, 0.29) is 17.4 Å². The van der Waals surface area contributed by atoms with Crippen LogP contribution >= 0.6 is 0 Å². The van der Waals surface area contributed by atoms with Crippen LogP contribution in [0.5, 0.6) is 5.75 Å². The van der Waals surface area contributed by atoms with Crippen LogP contribution in [-0.2, 0) is 37.2 Å². The highest BCUT2D eigenvalue weighted by Gasteiger charge is 2.16. The van der Waals surface area contributed by atoms with Gasteiger partial charge in [0.1, 0.15) is 12.3 Å². The van der Waals surface area contributed by atoms with Gasteiger partial charge >= 0.3 is 5.97 Å². The number of sulfonamides is 1. The number of carbonyl (C=O) groups excluding carboxylic acids is 2. The Morgan fingerprint density at radius 1 is 1.03 bits per heavy atom. The van der Waals surface area contributed by atoms with Gasteiger partial charge in [-0.15, -0.1) is 0 Å². The molecule has 0 spiro atoms. The molecule has 0 fully saturated rings. The number of benzene rings is 2. The van der Waals surface area contributed by atoms with Crippen LogP contribution in [-0.4, -0.2) is 40.6 Å². The number of hydrogen-bond acceptors (Lipinski definition) is 6. The lowest BCUT2D eigenvalue weighted by Gasteiger charge is -2.10. The van der Waals surface area contributed by atoms with Crippen LogP contribution < -0.4 is 14.8 Å². The van der Waals surface area contributed by atoms with Gasteiger partial charge in [-0.2, -0.15) is 4.72 Å². The van der Waals surface area contributed by atoms with E-state index >= 15 is 0 Å². The topological polar surface area (TPSA) is 111 Å². The summed E-state index contributed by atoms with van der Waals surface area (Å²) >= 11 is 0. The van der Waals surface area contributed by atoms with E-state index in [0.717, 1.165) is 19.3 Å². The van der Waals surface area contributed by atoms with Gasteiger partial charge in [-0.05, 0) is 66.8 Å². The Morgan fingerprint density at radius 3 is 2.48 bits per heavy atom. The highest BCUT2D eigenvalue weighted by atomic mass is 32.2. The summed E-state index contributed by atoms with van der Waals surface area (Å²) in [6.07, 6.45) is 3.26. The summed E-state index contributed by atoms with van der Waals surface area (Å²) in [6.45, 7) is -0.614. The molecule has 0 atom stereocenters. The van der Waals surface area contributed by atoms with Gasteiger partial charge in [-0.25, -0.2) is 8.42 Å². The van der Waals surface area contributed by atoms with Crippen LogP contribution in [0.15, 0.2) is 47.4 Å². The second-order valence-corrected chi connectivity index (χ2v) is 8.31. The van der Waals surface area contributed by atoms with Crippen molar-refractivity contribution in [2.45, 2.75) is 24.2 Å². The van der Waals surface area contributed by atoms with E-state index in [1.54, 1.807) is 0 Å². The number of hydrogen-bond donors (Lipinski definition) is 2. The fraction of sp³-hybridized carbons (Fsp3) is 0.300. The fourth-order valence-electron chi connectivity index (χ4n) is 3.01. The normalized spacial score (nSPS) is 12.9. The van der Waals surface area contributed by atoms with Crippen molar-refractivity contribution in [2.75, 3.05) is 25.6 Å². The maximum Gasteiger partial charge on any atom is 0.320 e. The first-order chi connectivity index (χ1) is 13.9. The lowest BCUT2D eigenvalue weighted by Crippen LogP contribution is -2.30. The average Bonchev–Trinajstić information content (AvgIpc) is 3.19. The molecule has 1 amide bonds. The van der Waals surface area contributed by atoms with Crippen molar-refractivity contribution in [2.24, 2.45) is 0 Å². The summed E-state index contributed by atoms with van der Waals surface area (Å²) < 4.78 is 36.3. The molecule has 9 heteroatoms. The molecule has 0 saturated carbocycles. The Kier molecular flexibility index (Phi) is 6.50. The summed E-state index contributed by atoms with van der Waals surface area (Å²) in [6, 6.07) is 11.4. The molecular formula is C20H22N2O6S. The third-order valence-corrected chi connectivity index (χ3v) is 5.94. The molecule has 154 valence electrons. The second kappa shape index (κ2) is 9.06. The van der Waals surface area contributed by atoms with Gasteiger partial charge in [0.2, 0.25) is 10.0 Å². The number of nitrogens with one attached hydrogen (secondary N) is 2. The van der Waals surface area contributed by atoms with Gasteiger partial charge in [-0.3, -0.25) is 9.59 Å². The van der Waals surface area contributed by atoms with Crippen LogP contribution in [0.3, 0.4) is 0 Å². The van der Waals surface area contributed by atoms with Crippen molar-refractivity contribution in [1.29, 1.82) is 0 Å².